The average Bonchev–Trinajstić information content (AvgIpc) is 3.39. The maximum absolute atomic E-state index is 13.2. The maximum atomic E-state index is 13.2. The summed E-state index contributed by atoms with van der Waals surface area (Å²) in [5.74, 6) is 1.66. The van der Waals surface area contributed by atoms with Crippen LogP contribution in [0.1, 0.15) is 36.1 Å². The first-order valence-corrected chi connectivity index (χ1v) is 11.5. The molecule has 3 heterocycles. The number of hydrogen-bond acceptors (Lipinski definition) is 7. The molecule has 0 aliphatic rings. The summed E-state index contributed by atoms with van der Waals surface area (Å²) in [5.41, 5.74) is 1.21. The number of fused-ring (bicyclic) bond motifs is 1. The highest BCUT2D eigenvalue weighted by atomic mass is 32.2. The predicted octanol–water partition coefficient (Wildman–Crippen LogP) is 4.50. The van der Waals surface area contributed by atoms with Gasteiger partial charge in [-0.1, -0.05) is 55.9 Å². The molecule has 0 fully saturated rings. The summed E-state index contributed by atoms with van der Waals surface area (Å²) in [6, 6.07) is 12.2. The van der Waals surface area contributed by atoms with Gasteiger partial charge in [0.1, 0.15) is 4.83 Å². The predicted molar refractivity (Wildman–Crippen MR) is 117 cm³/mol. The van der Waals surface area contributed by atoms with E-state index in [0.717, 1.165) is 17.7 Å². The number of nitrogens with zero attached hydrogens (tertiary/aromatic N) is 4. The summed E-state index contributed by atoms with van der Waals surface area (Å²) in [4.78, 5) is 20.0. The first-order valence-electron chi connectivity index (χ1n) is 9.69. The molecule has 0 bridgehead atoms. The molecular weight excluding hydrogens is 404 g/mol. The Kier molecular flexibility index (Phi) is 6.10. The zero-order valence-electron chi connectivity index (χ0n) is 16.4. The molecule has 0 aliphatic carbocycles. The zero-order chi connectivity index (χ0) is 20.2. The molecule has 4 aromatic rings. The van der Waals surface area contributed by atoms with E-state index in [1.165, 1.54) is 22.2 Å². The number of rotatable bonds is 8. The summed E-state index contributed by atoms with van der Waals surface area (Å²) >= 11 is 3.06. The second kappa shape index (κ2) is 8.92. The van der Waals surface area contributed by atoms with Gasteiger partial charge in [-0.05, 0) is 24.5 Å². The van der Waals surface area contributed by atoms with E-state index in [4.69, 9.17) is 9.40 Å². The standard InChI is InChI=1S/C21H22N4O2S2/c1-3-15-12-16-19(29-15)22-21(28-13-18-24-23-17(4-2)27-18)25(20(16)26)11-10-14-8-6-5-7-9-14/h5-9,12H,3-4,10-11,13H2,1-2H3. The van der Waals surface area contributed by atoms with Gasteiger partial charge in [0.2, 0.25) is 11.8 Å². The minimum atomic E-state index is 0.0177. The lowest BCUT2D eigenvalue weighted by Crippen LogP contribution is -2.23. The van der Waals surface area contributed by atoms with Crippen molar-refractivity contribution in [3.63, 3.8) is 0 Å². The number of aryl methyl sites for hydroxylation is 3. The Hall–Kier alpha value is -2.45. The molecule has 0 amide bonds. The summed E-state index contributed by atoms with van der Waals surface area (Å²) in [7, 11) is 0. The molecule has 29 heavy (non-hydrogen) atoms. The number of benzene rings is 1. The van der Waals surface area contributed by atoms with E-state index in [0.29, 0.717) is 41.0 Å². The van der Waals surface area contributed by atoms with Gasteiger partial charge < -0.3 is 4.42 Å². The molecule has 0 spiro atoms. The first kappa shape index (κ1) is 19.8. The largest absolute Gasteiger partial charge is 0.424 e. The van der Waals surface area contributed by atoms with Crippen LogP contribution in [0.25, 0.3) is 10.2 Å². The lowest BCUT2D eigenvalue weighted by Gasteiger charge is -2.11. The molecule has 4 rings (SSSR count). The van der Waals surface area contributed by atoms with Crippen molar-refractivity contribution in [2.45, 2.75) is 50.6 Å². The summed E-state index contributed by atoms with van der Waals surface area (Å²) in [6.07, 6.45) is 2.38. The first-order chi connectivity index (χ1) is 14.2. The molecule has 150 valence electrons. The molecular formula is C21H22N4O2S2. The molecule has 0 aliphatic heterocycles. The SMILES string of the molecule is CCc1nnc(CSc2nc3sc(CC)cc3c(=O)n2CCc2ccccc2)o1. The van der Waals surface area contributed by atoms with Gasteiger partial charge in [-0.25, -0.2) is 4.98 Å². The third kappa shape index (κ3) is 4.43. The Balaban J connectivity index is 1.66. The Morgan fingerprint density at radius 3 is 2.62 bits per heavy atom. The van der Waals surface area contributed by atoms with Crippen LogP contribution in [0.2, 0.25) is 0 Å². The average molecular weight is 427 g/mol. The Morgan fingerprint density at radius 1 is 1.10 bits per heavy atom. The molecule has 0 saturated carbocycles. The second-order valence-corrected chi connectivity index (χ2v) is 8.66. The van der Waals surface area contributed by atoms with Gasteiger partial charge >= 0.3 is 0 Å². The second-order valence-electron chi connectivity index (χ2n) is 6.60. The van der Waals surface area contributed by atoms with Gasteiger partial charge in [0.05, 0.1) is 11.1 Å². The Bertz CT molecular complexity index is 1160. The highest BCUT2D eigenvalue weighted by Gasteiger charge is 2.16. The van der Waals surface area contributed by atoms with E-state index in [1.54, 1.807) is 15.9 Å². The molecule has 3 aromatic heterocycles. The van der Waals surface area contributed by atoms with Crippen LogP contribution in [0.15, 0.2) is 50.8 Å². The van der Waals surface area contributed by atoms with Crippen molar-refractivity contribution in [3.05, 3.63) is 69.0 Å². The van der Waals surface area contributed by atoms with Crippen LogP contribution in [0, 0.1) is 0 Å². The molecule has 0 saturated heterocycles. The molecule has 8 heteroatoms. The Morgan fingerprint density at radius 2 is 1.90 bits per heavy atom. The third-order valence-corrected chi connectivity index (χ3v) is 6.75. The molecule has 0 N–H and O–H groups in total. The fourth-order valence-corrected chi connectivity index (χ4v) is 4.90. The molecule has 0 atom stereocenters. The highest BCUT2D eigenvalue weighted by Crippen LogP contribution is 2.27. The fourth-order valence-electron chi connectivity index (χ4n) is 3.03. The van der Waals surface area contributed by atoms with Gasteiger partial charge in [-0.2, -0.15) is 0 Å². The van der Waals surface area contributed by atoms with Crippen molar-refractivity contribution in [3.8, 4) is 0 Å². The van der Waals surface area contributed by atoms with Crippen LogP contribution in [0.5, 0.6) is 0 Å². The van der Waals surface area contributed by atoms with Crippen molar-refractivity contribution in [1.82, 2.24) is 19.7 Å². The molecule has 0 unspecified atom stereocenters. The topological polar surface area (TPSA) is 73.8 Å². The quantitative estimate of drug-likeness (QED) is 0.305. The molecule has 1 aromatic carbocycles. The number of hydrogen-bond donors (Lipinski definition) is 0. The highest BCUT2D eigenvalue weighted by molar-refractivity contribution is 7.98. The van der Waals surface area contributed by atoms with Crippen molar-refractivity contribution in [2.24, 2.45) is 0 Å². The lowest BCUT2D eigenvalue weighted by molar-refractivity contribution is 0.469. The summed E-state index contributed by atoms with van der Waals surface area (Å²) in [5, 5.41) is 9.49. The molecule has 6 nitrogen and oxygen atoms in total. The van der Waals surface area contributed by atoms with Crippen LogP contribution in [0.4, 0.5) is 0 Å². The van der Waals surface area contributed by atoms with Crippen LogP contribution >= 0.6 is 23.1 Å². The smallest absolute Gasteiger partial charge is 0.262 e. The Labute approximate surface area is 177 Å². The summed E-state index contributed by atoms with van der Waals surface area (Å²) in [6.45, 7) is 4.65. The van der Waals surface area contributed by atoms with E-state index in [-0.39, 0.29) is 5.56 Å². The van der Waals surface area contributed by atoms with E-state index in [9.17, 15) is 4.79 Å². The van der Waals surface area contributed by atoms with Crippen LogP contribution in [-0.4, -0.2) is 19.7 Å². The fraction of sp³-hybridized carbons (Fsp3) is 0.333. The van der Waals surface area contributed by atoms with Gasteiger partial charge in [0.15, 0.2) is 5.16 Å². The van der Waals surface area contributed by atoms with E-state index in [1.807, 2.05) is 31.2 Å². The van der Waals surface area contributed by atoms with Crippen molar-refractivity contribution in [2.75, 3.05) is 0 Å². The van der Waals surface area contributed by atoms with E-state index in [2.05, 4.69) is 29.3 Å². The van der Waals surface area contributed by atoms with E-state index >= 15 is 0 Å². The zero-order valence-corrected chi connectivity index (χ0v) is 18.1. The van der Waals surface area contributed by atoms with Crippen LogP contribution in [-0.2, 0) is 31.6 Å². The van der Waals surface area contributed by atoms with Gasteiger partial charge in [-0.3, -0.25) is 9.36 Å². The minimum absolute atomic E-state index is 0.0177. The lowest BCUT2D eigenvalue weighted by atomic mass is 10.1. The van der Waals surface area contributed by atoms with Crippen LogP contribution < -0.4 is 5.56 Å². The van der Waals surface area contributed by atoms with Crippen molar-refractivity contribution in [1.29, 1.82) is 0 Å². The van der Waals surface area contributed by atoms with Crippen molar-refractivity contribution < 1.29 is 4.42 Å². The van der Waals surface area contributed by atoms with E-state index < -0.39 is 0 Å². The van der Waals surface area contributed by atoms with Gasteiger partial charge in [0, 0.05) is 17.8 Å². The monoisotopic (exact) mass is 426 g/mol. The van der Waals surface area contributed by atoms with Gasteiger partial charge in [-0.15, -0.1) is 21.5 Å². The molecule has 0 radical (unpaired) electrons. The maximum Gasteiger partial charge on any atom is 0.262 e. The normalized spacial score (nSPS) is 11.4. The number of thiophene rings is 1. The van der Waals surface area contributed by atoms with Crippen molar-refractivity contribution >= 4 is 33.3 Å². The summed E-state index contributed by atoms with van der Waals surface area (Å²) < 4.78 is 7.39. The third-order valence-electron chi connectivity index (χ3n) is 4.62. The van der Waals surface area contributed by atoms with Crippen LogP contribution in [0.3, 0.4) is 0 Å². The minimum Gasteiger partial charge on any atom is -0.424 e. The number of aromatic nitrogens is 4. The van der Waals surface area contributed by atoms with Gasteiger partial charge in [0.25, 0.3) is 5.56 Å². The number of thioether (sulfide) groups is 1.